The SMILES string of the molecule is CCOC(=O)C(C)N(Cc1ccccc1)C(=O)Oc1ccccc1. The molecule has 0 fully saturated rings. The molecule has 2 aromatic carbocycles. The van der Waals surface area contributed by atoms with E-state index in [1.54, 1.807) is 38.1 Å². The first kappa shape index (κ1) is 17.5. The van der Waals surface area contributed by atoms with Crippen molar-refractivity contribution in [2.75, 3.05) is 6.61 Å². The van der Waals surface area contributed by atoms with Gasteiger partial charge in [-0.1, -0.05) is 48.5 Å². The van der Waals surface area contributed by atoms with Gasteiger partial charge in [-0.25, -0.2) is 9.59 Å². The Bertz CT molecular complexity index is 658. The number of hydrogen-bond donors (Lipinski definition) is 0. The molecule has 0 aromatic heterocycles. The van der Waals surface area contributed by atoms with Crippen LogP contribution in [0, 0.1) is 0 Å². The van der Waals surface area contributed by atoms with Crippen LogP contribution in [0.2, 0.25) is 0 Å². The number of para-hydroxylation sites is 1. The van der Waals surface area contributed by atoms with E-state index < -0.39 is 18.1 Å². The molecule has 1 unspecified atom stereocenters. The van der Waals surface area contributed by atoms with Gasteiger partial charge in [0.25, 0.3) is 0 Å². The van der Waals surface area contributed by atoms with Crippen LogP contribution in [0.1, 0.15) is 19.4 Å². The van der Waals surface area contributed by atoms with Crippen LogP contribution in [0.4, 0.5) is 4.79 Å². The Hall–Kier alpha value is -2.82. The summed E-state index contributed by atoms with van der Waals surface area (Å²) in [5.74, 6) is -0.0323. The minimum atomic E-state index is -0.749. The molecule has 5 nitrogen and oxygen atoms in total. The standard InChI is InChI=1S/C19H21NO4/c1-3-23-18(21)15(2)20(14-16-10-6-4-7-11-16)19(22)24-17-12-8-5-9-13-17/h4-13,15H,3,14H2,1-2H3. The molecule has 0 bridgehead atoms. The van der Waals surface area contributed by atoms with E-state index in [-0.39, 0.29) is 13.2 Å². The lowest BCUT2D eigenvalue weighted by atomic mass is 10.2. The van der Waals surface area contributed by atoms with Gasteiger partial charge in [0.1, 0.15) is 11.8 Å². The number of carbonyl (C=O) groups excluding carboxylic acids is 2. The van der Waals surface area contributed by atoms with E-state index in [1.165, 1.54) is 4.90 Å². The minimum Gasteiger partial charge on any atom is -0.464 e. The number of esters is 1. The highest BCUT2D eigenvalue weighted by molar-refractivity contribution is 5.81. The summed E-state index contributed by atoms with van der Waals surface area (Å²) in [7, 11) is 0. The first-order valence-electron chi connectivity index (χ1n) is 7.86. The van der Waals surface area contributed by atoms with Crippen molar-refractivity contribution in [1.82, 2.24) is 4.90 Å². The molecule has 0 radical (unpaired) electrons. The summed E-state index contributed by atoms with van der Waals surface area (Å²) in [5.41, 5.74) is 0.902. The number of rotatable bonds is 6. The summed E-state index contributed by atoms with van der Waals surface area (Å²) in [6.07, 6.45) is -0.592. The van der Waals surface area contributed by atoms with E-state index in [0.717, 1.165) is 5.56 Å². The van der Waals surface area contributed by atoms with Gasteiger partial charge in [-0.05, 0) is 31.5 Å². The van der Waals surface area contributed by atoms with Crippen LogP contribution < -0.4 is 4.74 Å². The number of nitrogens with zero attached hydrogens (tertiary/aromatic N) is 1. The third-order valence-corrected chi connectivity index (χ3v) is 3.47. The van der Waals surface area contributed by atoms with Gasteiger partial charge in [0.05, 0.1) is 6.61 Å². The van der Waals surface area contributed by atoms with Crippen LogP contribution in [0.25, 0.3) is 0 Å². The Morgan fingerprint density at radius 3 is 2.17 bits per heavy atom. The highest BCUT2D eigenvalue weighted by atomic mass is 16.6. The molecule has 126 valence electrons. The van der Waals surface area contributed by atoms with Crippen molar-refractivity contribution >= 4 is 12.1 Å². The molecular formula is C19H21NO4. The largest absolute Gasteiger partial charge is 0.464 e. The van der Waals surface area contributed by atoms with Gasteiger partial charge in [-0.3, -0.25) is 4.90 Å². The second kappa shape index (κ2) is 8.72. The summed E-state index contributed by atoms with van der Waals surface area (Å²) in [4.78, 5) is 26.0. The van der Waals surface area contributed by atoms with E-state index in [9.17, 15) is 9.59 Å². The normalized spacial score (nSPS) is 11.4. The Kier molecular flexibility index (Phi) is 6.37. The summed E-state index contributed by atoms with van der Waals surface area (Å²) >= 11 is 0. The molecule has 1 atom stereocenters. The van der Waals surface area contributed by atoms with E-state index in [0.29, 0.717) is 5.75 Å². The summed E-state index contributed by atoms with van der Waals surface area (Å²) < 4.78 is 10.4. The van der Waals surface area contributed by atoms with Gasteiger partial charge < -0.3 is 9.47 Å². The first-order valence-corrected chi connectivity index (χ1v) is 7.86. The number of carbonyl (C=O) groups is 2. The number of amides is 1. The molecule has 5 heteroatoms. The number of benzene rings is 2. The van der Waals surface area contributed by atoms with Crippen molar-refractivity contribution in [1.29, 1.82) is 0 Å². The van der Waals surface area contributed by atoms with Gasteiger partial charge in [0, 0.05) is 6.54 Å². The zero-order valence-corrected chi connectivity index (χ0v) is 13.8. The first-order chi connectivity index (χ1) is 11.6. The average Bonchev–Trinajstić information content (AvgIpc) is 2.61. The fourth-order valence-corrected chi connectivity index (χ4v) is 2.18. The summed E-state index contributed by atoms with van der Waals surface area (Å²) in [5, 5.41) is 0. The molecule has 2 aromatic rings. The van der Waals surface area contributed by atoms with Crippen LogP contribution in [-0.2, 0) is 16.1 Å². The highest BCUT2D eigenvalue weighted by Crippen LogP contribution is 2.15. The van der Waals surface area contributed by atoms with Crippen molar-refractivity contribution in [3.8, 4) is 5.75 Å². The lowest BCUT2D eigenvalue weighted by Gasteiger charge is -2.27. The fourth-order valence-electron chi connectivity index (χ4n) is 2.18. The predicted octanol–water partition coefficient (Wildman–Crippen LogP) is 3.64. The molecule has 0 saturated heterocycles. The maximum atomic E-state index is 12.6. The quantitative estimate of drug-likeness (QED) is 0.760. The molecule has 0 aliphatic heterocycles. The lowest BCUT2D eigenvalue weighted by molar-refractivity contribution is -0.148. The molecule has 0 N–H and O–H groups in total. The predicted molar refractivity (Wildman–Crippen MR) is 90.5 cm³/mol. The topological polar surface area (TPSA) is 55.8 Å². The van der Waals surface area contributed by atoms with Crippen molar-refractivity contribution in [2.24, 2.45) is 0 Å². The molecule has 0 heterocycles. The molecule has 0 spiro atoms. The molecule has 2 rings (SSSR count). The highest BCUT2D eigenvalue weighted by Gasteiger charge is 2.28. The molecule has 0 aliphatic carbocycles. The zero-order chi connectivity index (χ0) is 17.4. The summed E-state index contributed by atoms with van der Waals surface area (Å²) in [6, 6.07) is 17.4. The van der Waals surface area contributed by atoms with Gasteiger partial charge in [-0.15, -0.1) is 0 Å². The van der Waals surface area contributed by atoms with Crippen LogP contribution in [0.15, 0.2) is 60.7 Å². The Morgan fingerprint density at radius 1 is 1.00 bits per heavy atom. The lowest BCUT2D eigenvalue weighted by Crippen LogP contribution is -2.45. The monoisotopic (exact) mass is 327 g/mol. The molecular weight excluding hydrogens is 306 g/mol. The Morgan fingerprint density at radius 2 is 1.58 bits per heavy atom. The maximum Gasteiger partial charge on any atom is 0.416 e. The molecule has 0 saturated carbocycles. The van der Waals surface area contributed by atoms with Crippen LogP contribution in [-0.4, -0.2) is 29.6 Å². The van der Waals surface area contributed by atoms with Gasteiger partial charge in [-0.2, -0.15) is 0 Å². The summed E-state index contributed by atoms with van der Waals surface area (Å²) in [6.45, 7) is 3.88. The molecule has 0 aliphatic rings. The zero-order valence-electron chi connectivity index (χ0n) is 13.8. The smallest absolute Gasteiger partial charge is 0.416 e. The number of ether oxygens (including phenoxy) is 2. The maximum absolute atomic E-state index is 12.6. The van der Waals surface area contributed by atoms with Crippen molar-refractivity contribution < 1.29 is 19.1 Å². The van der Waals surface area contributed by atoms with E-state index in [1.807, 2.05) is 36.4 Å². The Balaban J connectivity index is 2.17. The fraction of sp³-hybridized carbons (Fsp3) is 0.263. The van der Waals surface area contributed by atoms with E-state index >= 15 is 0 Å². The minimum absolute atomic E-state index is 0.256. The van der Waals surface area contributed by atoms with Crippen molar-refractivity contribution in [3.63, 3.8) is 0 Å². The second-order valence-corrected chi connectivity index (χ2v) is 5.22. The van der Waals surface area contributed by atoms with Gasteiger partial charge >= 0.3 is 12.1 Å². The molecule has 24 heavy (non-hydrogen) atoms. The second-order valence-electron chi connectivity index (χ2n) is 5.22. The third-order valence-electron chi connectivity index (χ3n) is 3.47. The van der Waals surface area contributed by atoms with Crippen molar-refractivity contribution in [3.05, 3.63) is 66.2 Å². The Labute approximate surface area is 141 Å². The average molecular weight is 327 g/mol. The van der Waals surface area contributed by atoms with Crippen LogP contribution in [0.3, 0.4) is 0 Å². The number of hydrogen-bond acceptors (Lipinski definition) is 4. The third kappa shape index (κ3) is 4.84. The van der Waals surface area contributed by atoms with E-state index in [4.69, 9.17) is 9.47 Å². The van der Waals surface area contributed by atoms with Crippen LogP contribution >= 0.6 is 0 Å². The molecule has 1 amide bonds. The van der Waals surface area contributed by atoms with Crippen molar-refractivity contribution in [2.45, 2.75) is 26.4 Å². The van der Waals surface area contributed by atoms with Gasteiger partial charge in [0.15, 0.2) is 0 Å². The van der Waals surface area contributed by atoms with E-state index in [2.05, 4.69) is 0 Å². The van der Waals surface area contributed by atoms with Crippen LogP contribution in [0.5, 0.6) is 5.75 Å². The van der Waals surface area contributed by atoms with Gasteiger partial charge in [0.2, 0.25) is 0 Å².